The summed E-state index contributed by atoms with van der Waals surface area (Å²) in [6.45, 7) is 7.93. The SMILES string of the molecule is CC(C)C1(CNCc2cccc3c2OCCO3)CC1. The maximum atomic E-state index is 5.74. The largest absolute Gasteiger partial charge is 0.486 e. The smallest absolute Gasteiger partial charge is 0.165 e. The molecule has 3 rings (SSSR count). The van der Waals surface area contributed by atoms with Crippen LogP contribution in [-0.2, 0) is 6.54 Å². The van der Waals surface area contributed by atoms with E-state index >= 15 is 0 Å². The van der Waals surface area contributed by atoms with Crippen LogP contribution in [0.4, 0.5) is 0 Å². The Morgan fingerprint density at radius 1 is 1.21 bits per heavy atom. The van der Waals surface area contributed by atoms with Crippen LogP contribution in [0.3, 0.4) is 0 Å². The Morgan fingerprint density at radius 3 is 2.74 bits per heavy atom. The van der Waals surface area contributed by atoms with Gasteiger partial charge in [-0.1, -0.05) is 26.0 Å². The number of ether oxygens (including phenoxy) is 2. The van der Waals surface area contributed by atoms with Crippen molar-refractivity contribution in [1.29, 1.82) is 0 Å². The second-order valence-corrected chi connectivity index (χ2v) is 6.06. The summed E-state index contributed by atoms with van der Waals surface area (Å²) >= 11 is 0. The summed E-state index contributed by atoms with van der Waals surface area (Å²) in [4.78, 5) is 0. The molecule has 1 aromatic rings. The number of benzene rings is 1. The van der Waals surface area contributed by atoms with Gasteiger partial charge in [0.2, 0.25) is 0 Å². The molecule has 19 heavy (non-hydrogen) atoms. The van der Waals surface area contributed by atoms with Crippen molar-refractivity contribution in [2.24, 2.45) is 11.3 Å². The Bertz CT molecular complexity index is 452. The first-order valence-electron chi connectivity index (χ1n) is 7.29. The van der Waals surface area contributed by atoms with Gasteiger partial charge in [0.25, 0.3) is 0 Å². The summed E-state index contributed by atoms with van der Waals surface area (Å²) < 4.78 is 11.3. The molecule has 0 bridgehead atoms. The lowest BCUT2D eigenvalue weighted by atomic mass is 9.92. The van der Waals surface area contributed by atoms with Gasteiger partial charge in [-0.2, -0.15) is 0 Å². The number of rotatable bonds is 5. The average molecular weight is 261 g/mol. The zero-order chi connectivity index (χ0) is 13.3. The van der Waals surface area contributed by atoms with Gasteiger partial charge in [0.1, 0.15) is 13.2 Å². The van der Waals surface area contributed by atoms with Gasteiger partial charge < -0.3 is 14.8 Å². The monoisotopic (exact) mass is 261 g/mol. The molecule has 1 N–H and O–H groups in total. The molecule has 0 atom stereocenters. The zero-order valence-electron chi connectivity index (χ0n) is 11.9. The van der Waals surface area contributed by atoms with Crippen molar-refractivity contribution in [3.8, 4) is 11.5 Å². The number of hydrogen-bond donors (Lipinski definition) is 1. The van der Waals surface area contributed by atoms with Crippen molar-refractivity contribution in [3.63, 3.8) is 0 Å². The van der Waals surface area contributed by atoms with E-state index in [1.807, 2.05) is 12.1 Å². The third kappa shape index (κ3) is 2.57. The minimum absolute atomic E-state index is 0.548. The van der Waals surface area contributed by atoms with E-state index in [1.165, 1.54) is 18.4 Å². The first-order chi connectivity index (χ1) is 9.21. The molecule has 2 aliphatic rings. The van der Waals surface area contributed by atoms with Crippen LogP contribution in [0.1, 0.15) is 32.3 Å². The second kappa shape index (κ2) is 5.04. The van der Waals surface area contributed by atoms with Crippen molar-refractivity contribution in [1.82, 2.24) is 5.32 Å². The topological polar surface area (TPSA) is 30.5 Å². The molecule has 1 aromatic carbocycles. The molecule has 0 radical (unpaired) electrons. The fourth-order valence-corrected chi connectivity index (χ4v) is 2.84. The molecule has 104 valence electrons. The first-order valence-corrected chi connectivity index (χ1v) is 7.29. The molecule has 1 heterocycles. The van der Waals surface area contributed by atoms with Crippen LogP contribution in [0.2, 0.25) is 0 Å². The van der Waals surface area contributed by atoms with Crippen LogP contribution in [-0.4, -0.2) is 19.8 Å². The predicted octanol–water partition coefficient (Wildman–Crippen LogP) is 2.98. The van der Waals surface area contributed by atoms with E-state index in [9.17, 15) is 0 Å². The summed E-state index contributed by atoms with van der Waals surface area (Å²) in [6, 6.07) is 6.14. The summed E-state index contributed by atoms with van der Waals surface area (Å²) in [5, 5.41) is 3.60. The molecule has 1 aliphatic carbocycles. The van der Waals surface area contributed by atoms with Crippen LogP contribution in [0.15, 0.2) is 18.2 Å². The van der Waals surface area contributed by atoms with Gasteiger partial charge in [0, 0.05) is 18.7 Å². The van der Waals surface area contributed by atoms with Gasteiger partial charge in [-0.25, -0.2) is 0 Å². The van der Waals surface area contributed by atoms with Crippen molar-refractivity contribution in [3.05, 3.63) is 23.8 Å². The van der Waals surface area contributed by atoms with Crippen molar-refractivity contribution in [2.45, 2.75) is 33.2 Å². The van der Waals surface area contributed by atoms with E-state index in [4.69, 9.17) is 9.47 Å². The van der Waals surface area contributed by atoms with Crippen molar-refractivity contribution < 1.29 is 9.47 Å². The van der Waals surface area contributed by atoms with Gasteiger partial charge >= 0.3 is 0 Å². The lowest BCUT2D eigenvalue weighted by Gasteiger charge is -2.23. The van der Waals surface area contributed by atoms with Gasteiger partial charge in [-0.15, -0.1) is 0 Å². The lowest BCUT2D eigenvalue weighted by Crippen LogP contribution is -2.27. The number of nitrogens with one attached hydrogen (secondary N) is 1. The zero-order valence-corrected chi connectivity index (χ0v) is 11.9. The quantitative estimate of drug-likeness (QED) is 0.884. The number of hydrogen-bond acceptors (Lipinski definition) is 3. The maximum Gasteiger partial charge on any atom is 0.165 e. The summed E-state index contributed by atoms with van der Waals surface area (Å²) in [5.41, 5.74) is 1.75. The second-order valence-electron chi connectivity index (χ2n) is 6.06. The number of para-hydroxylation sites is 1. The van der Waals surface area contributed by atoms with Gasteiger partial charge in [0.05, 0.1) is 0 Å². The van der Waals surface area contributed by atoms with E-state index in [0.717, 1.165) is 30.5 Å². The lowest BCUT2D eigenvalue weighted by molar-refractivity contribution is 0.169. The molecule has 1 aliphatic heterocycles. The molecule has 3 nitrogen and oxygen atoms in total. The predicted molar refractivity (Wildman–Crippen MR) is 75.6 cm³/mol. The van der Waals surface area contributed by atoms with Gasteiger partial charge in [0.15, 0.2) is 11.5 Å². The summed E-state index contributed by atoms with van der Waals surface area (Å²) in [6.07, 6.45) is 2.73. The normalized spacial score (nSPS) is 19.5. The summed E-state index contributed by atoms with van der Waals surface area (Å²) in [5.74, 6) is 2.58. The fourth-order valence-electron chi connectivity index (χ4n) is 2.84. The highest BCUT2D eigenvalue weighted by molar-refractivity contribution is 5.47. The molecule has 3 heteroatoms. The molecule has 0 spiro atoms. The first kappa shape index (κ1) is 12.8. The highest BCUT2D eigenvalue weighted by Gasteiger charge is 2.44. The Labute approximate surface area is 115 Å². The van der Waals surface area contributed by atoms with E-state index < -0.39 is 0 Å². The van der Waals surface area contributed by atoms with Crippen molar-refractivity contribution >= 4 is 0 Å². The van der Waals surface area contributed by atoms with Crippen LogP contribution >= 0.6 is 0 Å². The van der Waals surface area contributed by atoms with Crippen LogP contribution < -0.4 is 14.8 Å². The summed E-state index contributed by atoms with van der Waals surface area (Å²) in [7, 11) is 0. The Balaban J connectivity index is 1.61. The average Bonchev–Trinajstić information content (AvgIpc) is 3.20. The molecule has 0 aromatic heterocycles. The molecule has 1 fully saturated rings. The Hall–Kier alpha value is -1.22. The van der Waals surface area contributed by atoms with E-state index in [-0.39, 0.29) is 0 Å². The Kier molecular flexibility index (Phi) is 3.40. The van der Waals surface area contributed by atoms with E-state index in [0.29, 0.717) is 18.6 Å². The third-order valence-corrected chi connectivity index (χ3v) is 4.56. The molecule has 0 amide bonds. The number of fused-ring (bicyclic) bond motifs is 1. The maximum absolute atomic E-state index is 5.74. The third-order valence-electron chi connectivity index (χ3n) is 4.56. The highest BCUT2D eigenvalue weighted by Crippen LogP contribution is 2.51. The standard InChI is InChI=1S/C16H23NO2/c1-12(2)16(6-7-16)11-17-10-13-4-3-5-14-15(13)19-9-8-18-14/h3-5,12,17H,6-11H2,1-2H3. The van der Waals surface area contributed by atoms with Gasteiger partial charge in [-0.3, -0.25) is 0 Å². The van der Waals surface area contributed by atoms with Crippen LogP contribution in [0.5, 0.6) is 11.5 Å². The van der Waals surface area contributed by atoms with E-state index in [2.05, 4.69) is 25.2 Å². The Morgan fingerprint density at radius 2 is 2.00 bits per heavy atom. The molecular weight excluding hydrogens is 238 g/mol. The fraction of sp³-hybridized carbons (Fsp3) is 0.625. The minimum Gasteiger partial charge on any atom is -0.486 e. The molecular formula is C16H23NO2. The van der Waals surface area contributed by atoms with E-state index in [1.54, 1.807) is 0 Å². The molecule has 0 unspecified atom stereocenters. The van der Waals surface area contributed by atoms with Crippen LogP contribution in [0.25, 0.3) is 0 Å². The van der Waals surface area contributed by atoms with Crippen molar-refractivity contribution in [2.75, 3.05) is 19.8 Å². The van der Waals surface area contributed by atoms with Gasteiger partial charge in [-0.05, 0) is 30.2 Å². The highest BCUT2D eigenvalue weighted by atomic mass is 16.6. The minimum atomic E-state index is 0.548. The van der Waals surface area contributed by atoms with Crippen LogP contribution in [0, 0.1) is 11.3 Å². The molecule has 0 saturated heterocycles. The molecule has 1 saturated carbocycles.